The van der Waals surface area contributed by atoms with E-state index >= 15 is 0 Å². The molecule has 0 radical (unpaired) electrons. The molecule has 3 fully saturated rings. The Labute approximate surface area is 342 Å². The van der Waals surface area contributed by atoms with Crippen LogP contribution in [0.2, 0.25) is 0 Å². The first-order chi connectivity index (χ1) is 23.1. The summed E-state index contributed by atoms with van der Waals surface area (Å²) in [5, 5.41) is 11.2. The van der Waals surface area contributed by atoms with E-state index in [0.29, 0.717) is 41.4 Å². The van der Waals surface area contributed by atoms with E-state index in [4.69, 9.17) is 39.0 Å². The van der Waals surface area contributed by atoms with E-state index in [9.17, 15) is 5.11 Å². The Balaban J connectivity index is 0.00000101. The fraction of sp³-hybridized carbons (Fsp3) is 0.548. The van der Waals surface area contributed by atoms with Gasteiger partial charge in [-0.3, -0.25) is 4.99 Å². The van der Waals surface area contributed by atoms with Crippen LogP contribution in [-0.4, -0.2) is 17.4 Å². The van der Waals surface area contributed by atoms with E-state index in [2.05, 4.69) is 100 Å². The van der Waals surface area contributed by atoms with Gasteiger partial charge in [0.05, 0.1) is 0 Å². The summed E-state index contributed by atoms with van der Waals surface area (Å²) in [6.07, 6.45) is 33.5. The maximum atomic E-state index is 11.2. The monoisotopic (exact) mass is 911 g/mol. The summed E-state index contributed by atoms with van der Waals surface area (Å²) in [6.45, 7) is 9.12. The third-order valence-electron chi connectivity index (χ3n) is 11.5. The summed E-state index contributed by atoms with van der Waals surface area (Å²) in [6, 6.07) is 4.55. The van der Waals surface area contributed by atoms with E-state index in [1.54, 1.807) is 0 Å². The van der Waals surface area contributed by atoms with E-state index in [0.717, 1.165) is 48.3 Å². The van der Waals surface area contributed by atoms with Crippen molar-refractivity contribution in [3.63, 3.8) is 0 Å². The molecule has 0 aliphatic heterocycles. The Bertz CT molecular complexity index is 1370. The third kappa shape index (κ3) is 11.8. The van der Waals surface area contributed by atoms with E-state index in [-0.39, 0.29) is 25.7 Å². The number of hydrogen-bond donors (Lipinski definition) is 1. The van der Waals surface area contributed by atoms with Crippen molar-refractivity contribution in [2.24, 2.45) is 45.9 Å². The SMILES string of the molecule is CC(C)(C)c1cc(C#CCCC(C)(C2CCCC2)C2C3C=CC=CC3C3C=CC=CC32)cc(C=NC2CCCC2)c1O.[CH3-].[CH3-].[Cl][Zr+2][Cl].[Cl][Zr][Cl]. The Hall–Kier alpha value is 0.136. The quantitative estimate of drug-likeness (QED) is 0.172. The second-order valence-electron chi connectivity index (χ2n) is 15.2. The number of nitrogens with zero attached hydrogens (tertiary/aromatic N) is 1. The van der Waals surface area contributed by atoms with Gasteiger partial charge in [-0.2, -0.15) is 0 Å². The van der Waals surface area contributed by atoms with Crippen molar-refractivity contribution in [1.82, 2.24) is 0 Å². The zero-order chi connectivity index (χ0) is 34.7. The summed E-state index contributed by atoms with van der Waals surface area (Å²) in [7, 11) is 19.7. The van der Waals surface area contributed by atoms with Crippen LogP contribution in [-0.2, 0) is 47.1 Å². The Morgan fingerprint density at radius 3 is 1.82 bits per heavy atom. The molecule has 1 aromatic carbocycles. The molecule has 0 bridgehead atoms. The third-order valence-corrected chi connectivity index (χ3v) is 11.5. The first kappa shape index (κ1) is 46.3. The number of hydrogen-bond acceptors (Lipinski definition) is 2. The van der Waals surface area contributed by atoms with Crippen molar-refractivity contribution in [3.8, 4) is 17.6 Å². The van der Waals surface area contributed by atoms with Gasteiger partial charge in [0.1, 0.15) is 5.75 Å². The Morgan fingerprint density at radius 2 is 1.32 bits per heavy atom. The number of phenols is 1. The molecule has 0 heterocycles. The molecule has 5 aliphatic carbocycles. The van der Waals surface area contributed by atoms with E-state index in [1.807, 2.05) is 6.21 Å². The molecule has 5 aliphatic rings. The van der Waals surface area contributed by atoms with E-state index < -0.39 is 41.7 Å². The van der Waals surface area contributed by atoms with Crippen LogP contribution < -0.4 is 0 Å². The van der Waals surface area contributed by atoms with Gasteiger partial charge in [-0.05, 0) is 90.6 Å². The van der Waals surface area contributed by atoms with Crippen LogP contribution in [0.3, 0.4) is 0 Å². The molecule has 272 valence electrons. The van der Waals surface area contributed by atoms with Crippen molar-refractivity contribution in [2.75, 3.05) is 0 Å². The fourth-order valence-corrected chi connectivity index (χ4v) is 9.27. The maximum absolute atomic E-state index is 11.2. The normalized spacial score (nSPS) is 26.0. The second kappa shape index (κ2) is 22.5. The number of allylic oxidation sites excluding steroid dienone is 8. The minimum absolute atomic E-state index is 0. The van der Waals surface area contributed by atoms with Crippen molar-refractivity contribution in [3.05, 3.63) is 92.3 Å². The molecule has 3 saturated carbocycles. The van der Waals surface area contributed by atoms with Gasteiger partial charge >= 0.3 is 75.7 Å². The number of rotatable bonds is 6. The zero-order valence-corrected chi connectivity index (χ0v) is 38.8. The number of aromatic hydroxyl groups is 1. The van der Waals surface area contributed by atoms with Crippen LogP contribution in [0.5, 0.6) is 5.75 Å². The van der Waals surface area contributed by atoms with Gasteiger partial charge in [-0.1, -0.05) is 114 Å². The molecular formula is C42H57Cl4NOZr2. The second-order valence-corrected chi connectivity index (χ2v) is 22.7. The molecule has 1 N–H and O–H groups in total. The first-order valence-electron chi connectivity index (χ1n) is 17.6. The molecule has 0 aromatic heterocycles. The van der Waals surface area contributed by atoms with Gasteiger partial charge in [0.2, 0.25) is 0 Å². The van der Waals surface area contributed by atoms with Gasteiger partial charge in [0.15, 0.2) is 0 Å². The molecule has 0 amide bonds. The van der Waals surface area contributed by atoms with E-state index in [1.165, 1.54) is 38.5 Å². The van der Waals surface area contributed by atoms with Crippen molar-refractivity contribution >= 4 is 40.3 Å². The summed E-state index contributed by atoms with van der Waals surface area (Å²) in [5.41, 5.74) is 2.86. The molecule has 2 nitrogen and oxygen atoms in total. The fourth-order valence-electron chi connectivity index (χ4n) is 9.27. The average molecular weight is 916 g/mol. The molecular weight excluding hydrogens is 859 g/mol. The molecule has 50 heavy (non-hydrogen) atoms. The summed E-state index contributed by atoms with van der Waals surface area (Å²) >= 11 is -1.65. The summed E-state index contributed by atoms with van der Waals surface area (Å²) < 4.78 is 0. The van der Waals surface area contributed by atoms with Crippen LogP contribution >= 0.6 is 34.1 Å². The standard InChI is InChI=1S/C40H51NO.2CH3.4ClH.2Zr/c1-39(2,3)36-26-28(25-29(38(36)42)27-41-31-18-7-8-19-31)15-13-14-24-40(4,30-16-5-6-17-30)37-34-22-11-9-20-32(34)33-21-10-12-23-35(33)37;;;;;;;;/h9-12,20-23,25-27,30-35,37,42H,5-8,14,16-19,24H2,1-4H3;2*1H3;4*1H;;/q;2*-1;;;;;+2;+4/p-4. The minimum atomic E-state index is -0.826. The number of phenolic OH excluding ortho intramolecular Hbond substituents is 1. The molecule has 5 unspecified atom stereocenters. The van der Waals surface area contributed by atoms with Crippen LogP contribution in [0.4, 0.5) is 0 Å². The van der Waals surface area contributed by atoms with Crippen LogP contribution in [0.25, 0.3) is 0 Å². The average Bonchev–Trinajstić information content (AvgIpc) is 3.85. The molecule has 8 heteroatoms. The van der Waals surface area contributed by atoms with Gasteiger partial charge in [-0.15, -0.1) is 0 Å². The van der Waals surface area contributed by atoms with Gasteiger partial charge < -0.3 is 20.0 Å². The van der Waals surface area contributed by atoms with Crippen molar-refractivity contribution < 1.29 is 46.8 Å². The Kier molecular flexibility index (Phi) is 20.8. The number of aliphatic imine (C=N–C) groups is 1. The molecule has 0 spiro atoms. The van der Waals surface area contributed by atoms with Crippen LogP contribution in [0.15, 0.2) is 65.7 Å². The summed E-state index contributed by atoms with van der Waals surface area (Å²) in [4.78, 5) is 4.85. The molecule has 5 atom stereocenters. The molecule has 1 aromatic rings. The van der Waals surface area contributed by atoms with Crippen molar-refractivity contribution in [2.45, 2.75) is 103 Å². The van der Waals surface area contributed by atoms with Crippen LogP contribution in [0, 0.1) is 67.6 Å². The zero-order valence-electron chi connectivity index (χ0n) is 30.9. The first-order valence-corrected chi connectivity index (χ1v) is 30.3. The number of fused-ring (bicyclic) bond motifs is 3. The summed E-state index contributed by atoms with van der Waals surface area (Å²) in [5.74, 6) is 11.4. The molecule has 6 rings (SSSR count). The number of benzene rings is 1. The van der Waals surface area contributed by atoms with Crippen molar-refractivity contribution in [1.29, 1.82) is 0 Å². The van der Waals surface area contributed by atoms with Gasteiger partial charge in [-0.25, -0.2) is 0 Å². The predicted octanol–water partition coefficient (Wildman–Crippen LogP) is 13.4. The van der Waals surface area contributed by atoms with Gasteiger partial charge in [0, 0.05) is 35.4 Å². The Morgan fingerprint density at radius 1 is 0.840 bits per heavy atom. The predicted molar refractivity (Wildman–Crippen MR) is 213 cm³/mol. The topological polar surface area (TPSA) is 32.6 Å². The number of halogens is 4. The van der Waals surface area contributed by atoms with Crippen LogP contribution in [0.1, 0.15) is 109 Å². The van der Waals surface area contributed by atoms with Gasteiger partial charge in [0.25, 0.3) is 0 Å². The molecule has 0 saturated heterocycles.